The molecule has 118 valence electrons. The van der Waals surface area contributed by atoms with Crippen LogP contribution in [0.3, 0.4) is 0 Å². The van der Waals surface area contributed by atoms with Crippen molar-refractivity contribution >= 4 is 11.6 Å². The van der Waals surface area contributed by atoms with E-state index in [0.717, 1.165) is 30.6 Å². The summed E-state index contributed by atoms with van der Waals surface area (Å²) in [6.07, 6.45) is 7.90. The molecule has 0 radical (unpaired) electrons. The zero-order valence-electron chi connectivity index (χ0n) is 13.4. The van der Waals surface area contributed by atoms with Gasteiger partial charge in [0.25, 0.3) is 0 Å². The van der Waals surface area contributed by atoms with E-state index < -0.39 is 0 Å². The van der Waals surface area contributed by atoms with Gasteiger partial charge in [0.05, 0.1) is 0 Å². The van der Waals surface area contributed by atoms with Gasteiger partial charge in [-0.05, 0) is 63.5 Å². The molecule has 0 saturated heterocycles. The Morgan fingerprint density at radius 1 is 1.24 bits per heavy atom. The van der Waals surface area contributed by atoms with Gasteiger partial charge in [-0.3, -0.25) is 0 Å². The average Bonchev–Trinajstić information content (AvgIpc) is 3.03. The van der Waals surface area contributed by atoms with Crippen molar-refractivity contribution in [2.24, 2.45) is 0 Å². The van der Waals surface area contributed by atoms with Crippen LogP contribution in [0, 0.1) is 0 Å². The third-order valence-corrected chi connectivity index (χ3v) is 4.88. The summed E-state index contributed by atoms with van der Waals surface area (Å²) < 4.78 is 0. The maximum absolute atomic E-state index is 6.01. The molecule has 21 heavy (non-hydrogen) atoms. The van der Waals surface area contributed by atoms with Crippen molar-refractivity contribution in [3.8, 4) is 0 Å². The molecule has 2 rings (SSSR count). The van der Waals surface area contributed by atoms with E-state index in [0.29, 0.717) is 6.04 Å². The Labute approximate surface area is 134 Å². The number of hydrogen-bond acceptors (Lipinski definition) is 2. The monoisotopic (exact) mass is 308 g/mol. The number of halogens is 1. The van der Waals surface area contributed by atoms with Gasteiger partial charge in [-0.2, -0.15) is 0 Å². The highest BCUT2D eigenvalue weighted by molar-refractivity contribution is 6.30. The van der Waals surface area contributed by atoms with Gasteiger partial charge in [0.2, 0.25) is 0 Å². The van der Waals surface area contributed by atoms with E-state index in [2.05, 4.69) is 36.3 Å². The highest BCUT2D eigenvalue weighted by Gasteiger charge is 2.20. The average molecular weight is 309 g/mol. The Bertz CT molecular complexity index is 398. The van der Waals surface area contributed by atoms with Crippen molar-refractivity contribution in [2.45, 2.75) is 57.5 Å². The van der Waals surface area contributed by atoms with Crippen LogP contribution in [0.1, 0.15) is 57.1 Å². The van der Waals surface area contributed by atoms with Crippen LogP contribution in [0.5, 0.6) is 0 Å². The van der Waals surface area contributed by atoms with Crippen LogP contribution >= 0.6 is 11.6 Å². The summed E-state index contributed by atoms with van der Waals surface area (Å²) in [5, 5.41) is 4.50. The minimum absolute atomic E-state index is 0.436. The minimum atomic E-state index is 0.436. The third kappa shape index (κ3) is 5.28. The predicted octanol–water partition coefficient (Wildman–Crippen LogP) is 4.65. The molecule has 1 aromatic rings. The van der Waals surface area contributed by atoms with Crippen LogP contribution in [0.2, 0.25) is 5.02 Å². The van der Waals surface area contributed by atoms with E-state index in [-0.39, 0.29) is 0 Å². The second-order valence-electron chi connectivity index (χ2n) is 6.27. The SMILES string of the molecule is CCCNC(CCN(C)C1CCCC1)c1ccc(Cl)cc1. The van der Waals surface area contributed by atoms with Gasteiger partial charge in [0.1, 0.15) is 0 Å². The van der Waals surface area contributed by atoms with E-state index in [1.807, 2.05) is 12.1 Å². The molecule has 1 unspecified atom stereocenters. The topological polar surface area (TPSA) is 15.3 Å². The molecular weight excluding hydrogens is 280 g/mol. The van der Waals surface area contributed by atoms with Crippen LogP contribution in [-0.2, 0) is 0 Å². The fraction of sp³-hybridized carbons (Fsp3) is 0.667. The second-order valence-corrected chi connectivity index (χ2v) is 6.70. The fourth-order valence-electron chi connectivity index (χ4n) is 3.26. The Morgan fingerprint density at radius 3 is 2.52 bits per heavy atom. The first kappa shape index (κ1) is 16.8. The molecule has 0 aliphatic heterocycles. The van der Waals surface area contributed by atoms with Crippen molar-refractivity contribution in [3.63, 3.8) is 0 Å². The Balaban J connectivity index is 1.90. The van der Waals surface area contributed by atoms with Crippen molar-refractivity contribution in [1.29, 1.82) is 0 Å². The third-order valence-electron chi connectivity index (χ3n) is 4.63. The summed E-state index contributed by atoms with van der Waals surface area (Å²) in [4.78, 5) is 2.56. The van der Waals surface area contributed by atoms with Gasteiger partial charge in [0.15, 0.2) is 0 Å². The normalized spacial score (nSPS) is 17.5. The van der Waals surface area contributed by atoms with Gasteiger partial charge < -0.3 is 10.2 Å². The molecule has 1 aliphatic carbocycles. The lowest BCUT2D eigenvalue weighted by molar-refractivity contribution is 0.231. The van der Waals surface area contributed by atoms with Crippen molar-refractivity contribution in [2.75, 3.05) is 20.1 Å². The lowest BCUT2D eigenvalue weighted by Gasteiger charge is -2.27. The van der Waals surface area contributed by atoms with Crippen LogP contribution in [0.25, 0.3) is 0 Å². The summed E-state index contributed by atoms with van der Waals surface area (Å²) in [7, 11) is 2.29. The largest absolute Gasteiger partial charge is 0.310 e. The van der Waals surface area contributed by atoms with E-state index in [1.54, 1.807) is 0 Å². The summed E-state index contributed by atoms with van der Waals surface area (Å²) in [6, 6.07) is 9.56. The maximum atomic E-state index is 6.01. The first-order chi connectivity index (χ1) is 10.2. The summed E-state index contributed by atoms with van der Waals surface area (Å²) in [6.45, 7) is 4.45. The first-order valence-electron chi connectivity index (χ1n) is 8.39. The minimum Gasteiger partial charge on any atom is -0.310 e. The molecule has 1 N–H and O–H groups in total. The van der Waals surface area contributed by atoms with Gasteiger partial charge in [-0.15, -0.1) is 0 Å². The van der Waals surface area contributed by atoms with Gasteiger partial charge in [-0.25, -0.2) is 0 Å². The van der Waals surface area contributed by atoms with Crippen molar-refractivity contribution in [3.05, 3.63) is 34.9 Å². The molecule has 0 aromatic heterocycles. The van der Waals surface area contributed by atoms with Crippen LogP contribution in [0.15, 0.2) is 24.3 Å². The Hall–Kier alpha value is -0.570. The number of rotatable bonds is 8. The van der Waals surface area contributed by atoms with E-state index in [9.17, 15) is 0 Å². The molecule has 1 aliphatic rings. The molecule has 0 heterocycles. The lowest BCUT2D eigenvalue weighted by atomic mass is 10.0. The van der Waals surface area contributed by atoms with Crippen LogP contribution < -0.4 is 5.32 Å². The number of nitrogens with zero attached hydrogens (tertiary/aromatic N) is 1. The fourth-order valence-corrected chi connectivity index (χ4v) is 3.39. The molecule has 1 atom stereocenters. The highest BCUT2D eigenvalue weighted by Crippen LogP contribution is 2.24. The predicted molar refractivity (Wildman–Crippen MR) is 92.0 cm³/mol. The van der Waals surface area contributed by atoms with Crippen LogP contribution in [0.4, 0.5) is 0 Å². The van der Waals surface area contributed by atoms with Gasteiger partial charge in [0, 0.05) is 17.1 Å². The quantitative estimate of drug-likeness (QED) is 0.752. The number of benzene rings is 1. The standard InChI is InChI=1S/C18H29ClN2/c1-3-13-20-18(15-8-10-16(19)11-9-15)12-14-21(2)17-6-4-5-7-17/h8-11,17-18,20H,3-7,12-14H2,1-2H3. The van der Waals surface area contributed by atoms with Gasteiger partial charge >= 0.3 is 0 Å². The molecule has 1 saturated carbocycles. The molecule has 1 aromatic carbocycles. The Kier molecular flexibility index (Phi) is 7.01. The summed E-state index contributed by atoms with van der Waals surface area (Å²) in [5.74, 6) is 0. The van der Waals surface area contributed by atoms with Crippen molar-refractivity contribution in [1.82, 2.24) is 10.2 Å². The Morgan fingerprint density at radius 2 is 1.90 bits per heavy atom. The highest BCUT2D eigenvalue weighted by atomic mass is 35.5. The molecule has 2 nitrogen and oxygen atoms in total. The van der Waals surface area contributed by atoms with Crippen LogP contribution in [-0.4, -0.2) is 31.1 Å². The first-order valence-corrected chi connectivity index (χ1v) is 8.77. The molecule has 0 spiro atoms. The summed E-state index contributed by atoms with van der Waals surface area (Å²) >= 11 is 6.01. The van der Waals surface area contributed by atoms with E-state index >= 15 is 0 Å². The smallest absolute Gasteiger partial charge is 0.0406 e. The molecular formula is C18H29ClN2. The van der Waals surface area contributed by atoms with E-state index in [1.165, 1.54) is 37.7 Å². The maximum Gasteiger partial charge on any atom is 0.0406 e. The zero-order valence-corrected chi connectivity index (χ0v) is 14.2. The zero-order chi connectivity index (χ0) is 15.1. The second kappa shape index (κ2) is 8.77. The molecule has 1 fully saturated rings. The summed E-state index contributed by atoms with van der Waals surface area (Å²) in [5.41, 5.74) is 1.35. The van der Waals surface area contributed by atoms with Crippen molar-refractivity contribution < 1.29 is 0 Å². The molecule has 0 bridgehead atoms. The number of nitrogens with one attached hydrogen (secondary N) is 1. The molecule has 0 amide bonds. The number of hydrogen-bond donors (Lipinski definition) is 1. The lowest BCUT2D eigenvalue weighted by Crippen LogP contribution is -2.33. The molecule has 3 heteroatoms. The van der Waals surface area contributed by atoms with Gasteiger partial charge in [-0.1, -0.05) is 43.5 Å². The van der Waals surface area contributed by atoms with E-state index in [4.69, 9.17) is 11.6 Å².